The molecule has 2 aromatic heterocycles. The zero-order chi connectivity index (χ0) is 27.2. The van der Waals surface area contributed by atoms with Crippen molar-refractivity contribution in [2.75, 3.05) is 18.4 Å². The van der Waals surface area contributed by atoms with Gasteiger partial charge in [0.2, 0.25) is 28.5 Å². The van der Waals surface area contributed by atoms with Gasteiger partial charge in [0.15, 0.2) is 11.6 Å². The van der Waals surface area contributed by atoms with Crippen molar-refractivity contribution in [2.24, 2.45) is 0 Å². The van der Waals surface area contributed by atoms with E-state index in [0.717, 1.165) is 25.9 Å². The first-order chi connectivity index (χ1) is 19.0. The summed E-state index contributed by atoms with van der Waals surface area (Å²) in [5.41, 5.74) is 1.22. The summed E-state index contributed by atoms with van der Waals surface area (Å²) in [4.78, 5) is 13.1. The number of hydrogen-bond acceptors (Lipinski definition) is 8. The number of nitrogens with one attached hydrogen (secondary N) is 3. The van der Waals surface area contributed by atoms with Crippen LogP contribution in [0.2, 0.25) is 0 Å². The molecule has 12 heteroatoms. The number of nitrogens with zero attached hydrogens (tertiary/aromatic N) is 3. The minimum atomic E-state index is -3.10. The third kappa shape index (κ3) is 6.36. The van der Waals surface area contributed by atoms with Gasteiger partial charge in [-0.25, -0.2) is 32.5 Å². The summed E-state index contributed by atoms with van der Waals surface area (Å²) in [5, 5.41) is 6.64. The Kier molecular flexibility index (Phi) is 8.35. The lowest BCUT2D eigenvalue weighted by atomic mass is 9.99. The predicted molar refractivity (Wildman–Crippen MR) is 143 cm³/mol. The van der Waals surface area contributed by atoms with Crippen molar-refractivity contribution in [3.63, 3.8) is 0 Å². The highest BCUT2D eigenvalue weighted by atomic mass is 32.2. The highest BCUT2D eigenvalue weighted by Gasteiger charge is 2.24. The molecule has 0 aliphatic carbocycles. The molecule has 0 radical (unpaired) electrons. The van der Waals surface area contributed by atoms with E-state index < -0.39 is 34.3 Å². The van der Waals surface area contributed by atoms with Gasteiger partial charge in [-0.3, -0.25) is 0 Å². The molecule has 2 aromatic carbocycles. The van der Waals surface area contributed by atoms with Gasteiger partial charge in [0.05, 0.1) is 17.3 Å². The quantitative estimate of drug-likeness (QED) is 0.231. The second-order valence-electron chi connectivity index (χ2n) is 8.92. The van der Waals surface area contributed by atoms with E-state index >= 15 is 8.78 Å². The fourth-order valence-corrected chi connectivity index (χ4v) is 4.93. The SMILES string of the molecule is O=[SH](=O)N[C@@H](c1ccccc1)c1ccc(Oc2ncccc2-c2ccnc(N[C@H]3CCCNC3)n2)c(F)c1F. The van der Waals surface area contributed by atoms with E-state index in [0.29, 0.717) is 22.8 Å². The molecule has 4 aromatic rings. The molecule has 3 N–H and O–H groups in total. The fourth-order valence-electron chi connectivity index (χ4n) is 4.43. The van der Waals surface area contributed by atoms with Crippen molar-refractivity contribution in [3.05, 3.63) is 95.8 Å². The van der Waals surface area contributed by atoms with Crippen molar-refractivity contribution in [2.45, 2.75) is 24.9 Å². The van der Waals surface area contributed by atoms with Crippen molar-refractivity contribution >= 4 is 16.8 Å². The molecule has 0 amide bonds. The summed E-state index contributed by atoms with van der Waals surface area (Å²) in [7, 11) is -3.10. The average Bonchev–Trinajstić information content (AvgIpc) is 2.96. The van der Waals surface area contributed by atoms with Crippen LogP contribution in [0.25, 0.3) is 11.3 Å². The molecule has 39 heavy (non-hydrogen) atoms. The Bertz CT molecular complexity index is 1510. The minimum absolute atomic E-state index is 0.0212. The third-order valence-electron chi connectivity index (χ3n) is 6.29. The number of benzene rings is 2. The summed E-state index contributed by atoms with van der Waals surface area (Å²) < 4.78 is 61.4. The Morgan fingerprint density at radius 3 is 2.59 bits per heavy atom. The molecule has 1 aliphatic heterocycles. The molecule has 1 aliphatic rings. The van der Waals surface area contributed by atoms with Crippen LogP contribution in [0.1, 0.15) is 30.0 Å². The Hall–Kier alpha value is -4.00. The first-order valence-corrected chi connectivity index (χ1v) is 13.5. The van der Waals surface area contributed by atoms with Gasteiger partial charge in [-0.05, 0) is 49.2 Å². The van der Waals surface area contributed by atoms with E-state index in [1.165, 1.54) is 18.3 Å². The van der Waals surface area contributed by atoms with Crippen LogP contribution in [-0.2, 0) is 10.9 Å². The lowest BCUT2D eigenvalue weighted by molar-refractivity contribution is 0.402. The maximum absolute atomic E-state index is 15.3. The topological polar surface area (TPSA) is 118 Å². The molecule has 1 fully saturated rings. The number of anilines is 1. The lowest BCUT2D eigenvalue weighted by Gasteiger charge is -2.23. The van der Waals surface area contributed by atoms with Crippen LogP contribution < -0.4 is 20.1 Å². The Morgan fingerprint density at radius 2 is 1.82 bits per heavy atom. The first kappa shape index (κ1) is 26.6. The van der Waals surface area contributed by atoms with Gasteiger partial charge >= 0.3 is 0 Å². The Balaban J connectivity index is 1.43. The van der Waals surface area contributed by atoms with Gasteiger partial charge in [-0.2, -0.15) is 4.39 Å². The van der Waals surface area contributed by atoms with Crippen LogP contribution in [0.15, 0.2) is 73.1 Å². The number of hydrogen-bond donors (Lipinski definition) is 4. The number of ether oxygens (including phenoxy) is 1. The second kappa shape index (κ2) is 12.2. The minimum Gasteiger partial charge on any atom is -0.435 e. The number of piperidine rings is 1. The fraction of sp³-hybridized carbons (Fsp3) is 0.222. The Labute approximate surface area is 225 Å². The second-order valence-corrected chi connectivity index (χ2v) is 9.69. The standard InChI is InChI=1S/C27H26F2N6O3S/c28-23-20(25(35-39(36)37)17-6-2-1-3-7-17)10-11-22(24(23)29)38-26-19(9-5-14-31-26)21-12-15-32-27(34-21)33-18-8-4-13-30-16-18/h1-3,5-7,9-12,14-15,18,25,30,39H,4,8,13,16H2,(H,32,33,34)(H,35,36,37)/t18-,25-/m0/s1. The molecule has 0 bridgehead atoms. The van der Waals surface area contributed by atoms with Gasteiger partial charge in [-0.15, -0.1) is 0 Å². The van der Waals surface area contributed by atoms with E-state index in [1.54, 1.807) is 54.7 Å². The van der Waals surface area contributed by atoms with Crippen LogP contribution >= 0.6 is 0 Å². The number of thiol groups is 1. The molecule has 5 rings (SSSR count). The molecule has 3 heterocycles. The first-order valence-electron chi connectivity index (χ1n) is 12.4. The molecule has 202 valence electrons. The molecule has 1 saturated heterocycles. The van der Waals surface area contributed by atoms with Crippen LogP contribution in [0.5, 0.6) is 11.6 Å². The van der Waals surface area contributed by atoms with Crippen molar-refractivity contribution in [1.82, 2.24) is 25.0 Å². The van der Waals surface area contributed by atoms with E-state index in [-0.39, 0.29) is 17.5 Å². The number of halogens is 2. The summed E-state index contributed by atoms with van der Waals surface area (Å²) in [6.07, 6.45) is 5.12. The number of rotatable bonds is 9. The van der Waals surface area contributed by atoms with Gasteiger partial charge < -0.3 is 15.4 Å². The van der Waals surface area contributed by atoms with E-state index in [2.05, 4.69) is 30.3 Å². The summed E-state index contributed by atoms with van der Waals surface area (Å²) in [6, 6.07) is 15.0. The monoisotopic (exact) mass is 552 g/mol. The summed E-state index contributed by atoms with van der Waals surface area (Å²) in [6.45, 7) is 1.79. The van der Waals surface area contributed by atoms with Gasteiger partial charge in [0, 0.05) is 30.5 Å². The maximum Gasteiger partial charge on any atom is 0.228 e. The molecule has 0 spiro atoms. The maximum atomic E-state index is 15.3. The van der Waals surface area contributed by atoms with Gasteiger partial charge in [0.1, 0.15) is 0 Å². The average molecular weight is 553 g/mol. The lowest BCUT2D eigenvalue weighted by Crippen LogP contribution is -2.38. The van der Waals surface area contributed by atoms with Crippen molar-refractivity contribution in [1.29, 1.82) is 0 Å². The summed E-state index contributed by atoms with van der Waals surface area (Å²) in [5.74, 6) is -2.46. The number of aromatic nitrogens is 3. The summed E-state index contributed by atoms with van der Waals surface area (Å²) >= 11 is 0. The largest absolute Gasteiger partial charge is 0.435 e. The van der Waals surface area contributed by atoms with Crippen LogP contribution in [0, 0.1) is 11.6 Å². The zero-order valence-electron chi connectivity index (χ0n) is 20.7. The highest BCUT2D eigenvalue weighted by Crippen LogP contribution is 2.35. The van der Waals surface area contributed by atoms with Crippen LogP contribution in [-0.4, -0.2) is 42.5 Å². The Morgan fingerprint density at radius 1 is 0.974 bits per heavy atom. The van der Waals surface area contributed by atoms with Crippen molar-refractivity contribution in [3.8, 4) is 22.9 Å². The van der Waals surface area contributed by atoms with Crippen LogP contribution in [0.4, 0.5) is 14.7 Å². The van der Waals surface area contributed by atoms with Crippen LogP contribution in [0.3, 0.4) is 0 Å². The predicted octanol–water partition coefficient (Wildman–Crippen LogP) is 3.98. The number of pyridine rings is 1. The molecule has 2 atom stereocenters. The molecule has 0 unspecified atom stereocenters. The highest BCUT2D eigenvalue weighted by molar-refractivity contribution is 7.70. The smallest absolute Gasteiger partial charge is 0.228 e. The molecule has 9 nitrogen and oxygen atoms in total. The van der Waals surface area contributed by atoms with Crippen molar-refractivity contribution < 1.29 is 21.9 Å². The van der Waals surface area contributed by atoms with E-state index in [1.807, 2.05) is 0 Å². The molecule has 0 saturated carbocycles. The van der Waals surface area contributed by atoms with E-state index in [9.17, 15) is 8.42 Å². The molecular formula is C27H26F2N6O3S. The van der Waals surface area contributed by atoms with Gasteiger partial charge in [0.25, 0.3) is 0 Å². The van der Waals surface area contributed by atoms with Gasteiger partial charge in [-0.1, -0.05) is 36.4 Å². The molecular weight excluding hydrogens is 526 g/mol. The van der Waals surface area contributed by atoms with E-state index in [4.69, 9.17) is 4.74 Å². The third-order valence-corrected chi connectivity index (χ3v) is 6.76. The zero-order valence-corrected chi connectivity index (χ0v) is 21.6. The normalized spacial score (nSPS) is 16.1.